The molecule has 2 aromatic rings. The van der Waals surface area contributed by atoms with Crippen molar-refractivity contribution in [3.05, 3.63) is 71.8 Å². The van der Waals surface area contributed by atoms with Gasteiger partial charge in [0.1, 0.15) is 0 Å². The first-order chi connectivity index (χ1) is 9.86. The van der Waals surface area contributed by atoms with Crippen LogP contribution in [0, 0.1) is 0 Å². The molecule has 2 aromatic carbocycles. The number of hydrogen-bond donors (Lipinski definition) is 2. The van der Waals surface area contributed by atoms with E-state index in [9.17, 15) is 5.11 Å². The molecule has 20 heavy (non-hydrogen) atoms. The molecule has 0 spiro atoms. The second kappa shape index (κ2) is 6.21. The number of rotatable bonds is 4. The molecule has 0 aliphatic carbocycles. The molecule has 3 rings (SSSR count). The quantitative estimate of drug-likeness (QED) is 0.892. The van der Waals surface area contributed by atoms with E-state index in [0.717, 1.165) is 19.4 Å². The number of benzene rings is 2. The van der Waals surface area contributed by atoms with Gasteiger partial charge in [-0.15, -0.1) is 0 Å². The van der Waals surface area contributed by atoms with Gasteiger partial charge in [0.15, 0.2) is 0 Å². The first-order valence-electron chi connectivity index (χ1n) is 7.37. The zero-order chi connectivity index (χ0) is 13.8. The second-order valence-electron chi connectivity index (χ2n) is 5.49. The fourth-order valence-corrected chi connectivity index (χ4v) is 3.14. The summed E-state index contributed by atoms with van der Waals surface area (Å²) < 4.78 is 0. The molecule has 1 aliphatic heterocycles. The van der Waals surface area contributed by atoms with Crippen LogP contribution in [0.5, 0.6) is 0 Å². The Balaban J connectivity index is 1.95. The minimum Gasteiger partial charge on any atom is -0.391 e. The Kier molecular flexibility index (Phi) is 4.14. The van der Waals surface area contributed by atoms with Gasteiger partial charge in [-0.25, -0.2) is 0 Å². The molecule has 104 valence electrons. The van der Waals surface area contributed by atoms with Crippen LogP contribution in [0.3, 0.4) is 0 Å². The molecule has 2 atom stereocenters. The monoisotopic (exact) mass is 267 g/mol. The van der Waals surface area contributed by atoms with Crippen molar-refractivity contribution in [1.29, 1.82) is 0 Å². The molecule has 0 saturated carbocycles. The highest BCUT2D eigenvalue weighted by Crippen LogP contribution is 2.31. The maximum Gasteiger partial charge on any atom is 0.0802 e. The van der Waals surface area contributed by atoms with Gasteiger partial charge >= 0.3 is 0 Å². The fourth-order valence-electron chi connectivity index (χ4n) is 3.14. The van der Waals surface area contributed by atoms with Gasteiger partial charge in [0.2, 0.25) is 0 Å². The highest BCUT2D eigenvalue weighted by atomic mass is 16.3. The van der Waals surface area contributed by atoms with Crippen LogP contribution in [0.1, 0.15) is 29.9 Å². The number of aliphatic hydroxyl groups is 1. The molecule has 0 bridgehead atoms. The Morgan fingerprint density at radius 3 is 1.90 bits per heavy atom. The SMILES string of the molecule is O[C@H](C1CCCN1)C(c1ccccc1)c1ccccc1. The van der Waals surface area contributed by atoms with Crippen LogP contribution in [-0.4, -0.2) is 23.8 Å². The van der Waals surface area contributed by atoms with Gasteiger partial charge in [0.05, 0.1) is 6.10 Å². The van der Waals surface area contributed by atoms with Gasteiger partial charge < -0.3 is 10.4 Å². The predicted molar refractivity (Wildman–Crippen MR) is 81.8 cm³/mol. The predicted octanol–water partition coefficient (Wildman–Crippen LogP) is 2.93. The van der Waals surface area contributed by atoms with Crippen molar-refractivity contribution in [2.75, 3.05) is 6.54 Å². The standard InChI is InChI=1S/C18H21NO/c20-18(16-12-7-13-19-16)17(14-8-3-1-4-9-14)15-10-5-2-6-11-15/h1-6,8-11,16-20H,7,12-13H2/t16?,18-/m1/s1. The van der Waals surface area contributed by atoms with Crippen molar-refractivity contribution in [3.63, 3.8) is 0 Å². The average molecular weight is 267 g/mol. The van der Waals surface area contributed by atoms with Gasteiger partial charge in [-0.3, -0.25) is 0 Å². The maximum absolute atomic E-state index is 10.9. The smallest absolute Gasteiger partial charge is 0.0802 e. The Bertz CT molecular complexity index is 480. The summed E-state index contributed by atoms with van der Waals surface area (Å²) in [6.45, 7) is 1.01. The van der Waals surface area contributed by atoms with Crippen LogP contribution in [0.25, 0.3) is 0 Å². The van der Waals surface area contributed by atoms with Crippen molar-refractivity contribution in [2.45, 2.75) is 30.9 Å². The fraction of sp³-hybridized carbons (Fsp3) is 0.333. The van der Waals surface area contributed by atoms with E-state index in [1.807, 2.05) is 36.4 Å². The Morgan fingerprint density at radius 2 is 1.45 bits per heavy atom. The number of aliphatic hydroxyl groups excluding tert-OH is 1. The second-order valence-corrected chi connectivity index (χ2v) is 5.49. The van der Waals surface area contributed by atoms with E-state index in [1.165, 1.54) is 11.1 Å². The van der Waals surface area contributed by atoms with Crippen LogP contribution in [0.4, 0.5) is 0 Å². The van der Waals surface area contributed by atoms with Crippen molar-refractivity contribution < 1.29 is 5.11 Å². The molecule has 2 N–H and O–H groups in total. The normalized spacial score (nSPS) is 20.2. The third-order valence-corrected chi connectivity index (χ3v) is 4.17. The molecule has 1 unspecified atom stereocenters. The molecule has 0 aromatic heterocycles. The van der Waals surface area contributed by atoms with Gasteiger partial charge in [0.25, 0.3) is 0 Å². The lowest BCUT2D eigenvalue weighted by atomic mass is 9.83. The molecule has 2 heteroatoms. The van der Waals surface area contributed by atoms with Crippen LogP contribution >= 0.6 is 0 Å². The average Bonchev–Trinajstić information content (AvgIpc) is 3.04. The summed E-state index contributed by atoms with van der Waals surface area (Å²) in [4.78, 5) is 0. The highest BCUT2D eigenvalue weighted by Gasteiger charge is 2.31. The summed E-state index contributed by atoms with van der Waals surface area (Å²) in [5.74, 6) is 0.0352. The highest BCUT2D eigenvalue weighted by molar-refractivity contribution is 5.34. The lowest BCUT2D eigenvalue weighted by Crippen LogP contribution is -2.39. The first kappa shape index (κ1) is 13.3. The lowest BCUT2D eigenvalue weighted by molar-refractivity contribution is 0.119. The molecule has 2 nitrogen and oxygen atoms in total. The van der Waals surface area contributed by atoms with Gasteiger partial charge in [-0.2, -0.15) is 0 Å². The van der Waals surface area contributed by atoms with E-state index in [4.69, 9.17) is 0 Å². The molecule has 0 amide bonds. The summed E-state index contributed by atoms with van der Waals surface area (Å²) in [6, 6.07) is 20.8. The summed E-state index contributed by atoms with van der Waals surface area (Å²) in [7, 11) is 0. The van der Waals surface area contributed by atoms with Gasteiger partial charge in [-0.05, 0) is 30.5 Å². The Labute approximate surface area is 120 Å². The van der Waals surface area contributed by atoms with Crippen LogP contribution < -0.4 is 5.32 Å². The minimum absolute atomic E-state index is 0.0352. The number of hydrogen-bond acceptors (Lipinski definition) is 2. The zero-order valence-corrected chi connectivity index (χ0v) is 11.6. The molecular weight excluding hydrogens is 246 g/mol. The van der Waals surface area contributed by atoms with Crippen LogP contribution in [0.2, 0.25) is 0 Å². The van der Waals surface area contributed by atoms with E-state index < -0.39 is 0 Å². The van der Waals surface area contributed by atoms with Gasteiger partial charge in [-0.1, -0.05) is 60.7 Å². The maximum atomic E-state index is 10.9. The topological polar surface area (TPSA) is 32.3 Å². The summed E-state index contributed by atoms with van der Waals surface area (Å²) in [5, 5.41) is 14.3. The largest absolute Gasteiger partial charge is 0.391 e. The number of nitrogens with one attached hydrogen (secondary N) is 1. The first-order valence-corrected chi connectivity index (χ1v) is 7.37. The molecule has 0 radical (unpaired) electrons. The molecule has 1 saturated heterocycles. The molecule has 1 heterocycles. The summed E-state index contributed by atoms with van der Waals surface area (Å²) in [5.41, 5.74) is 2.36. The van der Waals surface area contributed by atoms with E-state index in [1.54, 1.807) is 0 Å². The zero-order valence-electron chi connectivity index (χ0n) is 11.6. The molecule has 1 fully saturated rings. The Hall–Kier alpha value is -1.64. The van der Waals surface area contributed by atoms with Gasteiger partial charge in [0, 0.05) is 12.0 Å². The summed E-state index contributed by atoms with van der Waals surface area (Å²) in [6.07, 6.45) is 1.82. The van der Waals surface area contributed by atoms with E-state index in [2.05, 4.69) is 29.6 Å². The van der Waals surface area contributed by atoms with E-state index in [0.29, 0.717) is 0 Å². The molecular formula is C18H21NO. The van der Waals surface area contributed by atoms with E-state index >= 15 is 0 Å². The van der Waals surface area contributed by atoms with Crippen LogP contribution in [0.15, 0.2) is 60.7 Å². The third-order valence-electron chi connectivity index (χ3n) is 4.17. The van der Waals surface area contributed by atoms with Crippen molar-refractivity contribution in [3.8, 4) is 0 Å². The van der Waals surface area contributed by atoms with Crippen molar-refractivity contribution in [1.82, 2.24) is 5.32 Å². The van der Waals surface area contributed by atoms with Crippen molar-refractivity contribution >= 4 is 0 Å². The molecule has 1 aliphatic rings. The van der Waals surface area contributed by atoms with E-state index in [-0.39, 0.29) is 18.1 Å². The minimum atomic E-state index is -0.387. The lowest BCUT2D eigenvalue weighted by Gasteiger charge is -2.28. The Morgan fingerprint density at radius 1 is 0.900 bits per heavy atom. The summed E-state index contributed by atoms with van der Waals surface area (Å²) >= 11 is 0. The van der Waals surface area contributed by atoms with Crippen molar-refractivity contribution in [2.24, 2.45) is 0 Å². The third kappa shape index (κ3) is 2.77. The van der Waals surface area contributed by atoms with Crippen LogP contribution in [-0.2, 0) is 0 Å².